The fraction of sp³-hybridized carbons (Fsp3) is 0.118. The van der Waals surface area contributed by atoms with Crippen molar-refractivity contribution in [1.82, 2.24) is 9.97 Å². The number of hydrogen-bond donors (Lipinski definition) is 1. The first-order valence-electron chi connectivity index (χ1n) is 7.14. The number of rotatable bonds is 4. The third kappa shape index (κ3) is 3.40. The standard InChI is InChI=1S/C17H14ClN3O2/c1-2-23-17(22)16-20-14-6-4-3-5-13(14)15(21-16)19-12-9-7-11(18)8-10-12/h3-10H,2H2,1H3,(H,19,20,21). The first kappa shape index (κ1) is 15.2. The molecule has 23 heavy (non-hydrogen) atoms. The maximum Gasteiger partial charge on any atom is 0.376 e. The summed E-state index contributed by atoms with van der Waals surface area (Å²) in [5.41, 5.74) is 1.48. The lowest BCUT2D eigenvalue weighted by molar-refractivity contribution is 0.0512. The van der Waals surface area contributed by atoms with Crippen molar-refractivity contribution >= 4 is 40.0 Å². The van der Waals surface area contributed by atoms with Crippen molar-refractivity contribution in [2.45, 2.75) is 6.92 Å². The van der Waals surface area contributed by atoms with Crippen molar-refractivity contribution in [2.24, 2.45) is 0 Å². The van der Waals surface area contributed by atoms with Crippen molar-refractivity contribution < 1.29 is 9.53 Å². The molecule has 3 rings (SSSR count). The Morgan fingerprint density at radius 1 is 1.13 bits per heavy atom. The van der Waals surface area contributed by atoms with Gasteiger partial charge in [-0.15, -0.1) is 0 Å². The number of carbonyl (C=O) groups is 1. The first-order chi connectivity index (χ1) is 11.2. The summed E-state index contributed by atoms with van der Waals surface area (Å²) < 4.78 is 4.99. The van der Waals surface area contributed by atoms with Gasteiger partial charge in [0.1, 0.15) is 5.82 Å². The second-order valence-corrected chi connectivity index (χ2v) is 5.20. The number of benzene rings is 2. The lowest BCUT2D eigenvalue weighted by Gasteiger charge is -2.10. The molecule has 116 valence electrons. The highest BCUT2D eigenvalue weighted by Crippen LogP contribution is 2.24. The van der Waals surface area contributed by atoms with E-state index in [-0.39, 0.29) is 12.4 Å². The van der Waals surface area contributed by atoms with Gasteiger partial charge in [-0.2, -0.15) is 0 Å². The summed E-state index contributed by atoms with van der Waals surface area (Å²) in [6.45, 7) is 2.01. The van der Waals surface area contributed by atoms with Crippen molar-refractivity contribution in [2.75, 3.05) is 11.9 Å². The number of esters is 1. The third-order valence-corrected chi connectivity index (χ3v) is 3.42. The molecule has 0 bridgehead atoms. The Hall–Kier alpha value is -2.66. The molecule has 2 aromatic carbocycles. The lowest BCUT2D eigenvalue weighted by atomic mass is 10.2. The second-order valence-electron chi connectivity index (χ2n) is 4.77. The van der Waals surface area contributed by atoms with Crippen LogP contribution in [0.4, 0.5) is 11.5 Å². The van der Waals surface area contributed by atoms with Crippen molar-refractivity contribution in [1.29, 1.82) is 0 Å². The monoisotopic (exact) mass is 327 g/mol. The van der Waals surface area contributed by atoms with E-state index in [1.54, 1.807) is 19.1 Å². The highest BCUT2D eigenvalue weighted by Gasteiger charge is 2.15. The minimum Gasteiger partial charge on any atom is -0.460 e. The van der Waals surface area contributed by atoms with E-state index in [1.165, 1.54) is 0 Å². The van der Waals surface area contributed by atoms with Gasteiger partial charge < -0.3 is 10.1 Å². The van der Waals surface area contributed by atoms with E-state index in [1.807, 2.05) is 36.4 Å². The molecule has 1 N–H and O–H groups in total. The van der Waals surface area contributed by atoms with Crippen molar-refractivity contribution in [3.8, 4) is 0 Å². The molecule has 0 aliphatic rings. The maximum atomic E-state index is 11.9. The molecule has 0 saturated carbocycles. The number of fused-ring (bicyclic) bond motifs is 1. The predicted molar refractivity (Wildman–Crippen MR) is 90.2 cm³/mol. The van der Waals surface area contributed by atoms with Crippen LogP contribution in [0.25, 0.3) is 10.9 Å². The Labute approximate surface area is 138 Å². The maximum absolute atomic E-state index is 11.9. The minimum atomic E-state index is -0.544. The highest BCUT2D eigenvalue weighted by molar-refractivity contribution is 6.30. The molecule has 0 spiro atoms. The van der Waals surface area contributed by atoms with E-state index in [0.717, 1.165) is 11.1 Å². The second kappa shape index (κ2) is 6.62. The third-order valence-electron chi connectivity index (χ3n) is 3.17. The average molecular weight is 328 g/mol. The number of hydrogen-bond acceptors (Lipinski definition) is 5. The Balaban J connectivity index is 2.06. The lowest BCUT2D eigenvalue weighted by Crippen LogP contribution is -2.11. The van der Waals surface area contributed by atoms with Crippen LogP contribution in [0.1, 0.15) is 17.5 Å². The number of nitrogens with zero attached hydrogens (tertiary/aromatic N) is 2. The fourth-order valence-corrected chi connectivity index (χ4v) is 2.25. The van der Waals surface area contributed by atoms with Gasteiger partial charge in [-0.3, -0.25) is 0 Å². The molecule has 0 radical (unpaired) electrons. The van der Waals surface area contributed by atoms with Crippen LogP contribution in [0.3, 0.4) is 0 Å². The van der Waals surface area contributed by atoms with Crippen LogP contribution in [0.15, 0.2) is 48.5 Å². The Morgan fingerprint density at radius 3 is 2.61 bits per heavy atom. The normalized spacial score (nSPS) is 10.5. The van der Waals surface area contributed by atoms with Gasteiger partial charge in [0.2, 0.25) is 5.82 Å². The molecule has 5 nitrogen and oxygen atoms in total. The molecule has 1 aromatic heterocycles. The van der Waals surface area contributed by atoms with Gasteiger partial charge in [0.05, 0.1) is 12.1 Å². The van der Waals surface area contributed by atoms with E-state index in [9.17, 15) is 4.79 Å². The van der Waals surface area contributed by atoms with Crippen molar-refractivity contribution in [3.05, 3.63) is 59.4 Å². The zero-order chi connectivity index (χ0) is 16.2. The molecule has 0 aliphatic carbocycles. The SMILES string of the molecule is CCOC(=O)c1nc(Nc2ccc(Cl)cc2)c2ccccc2n1. The molecule has 0 aliphatic heterocycles. The summed E-state index contributed by atoms with van der Waals surface area (Å²) in [4.78, 5) is 20.5. The van der Waals surface area contributed by atoms with Crippen LogP contribution in [0, 0.1) is 0 Å². The smallest absolute Gasteiger partial charge is 0.376 e. The largest absolute Gasteiger partial charge is 0.460 e. The van der Waals surface area contributed by atoms with Crippen LogP contribution in [0.2, 0.25) is 5.02 Å². The molecule has 0 saturated heterocycles. The summed E-state index contributed by atoms with van der Waals surface area (Å²) in [6.07, 6.45) is 0. The zero-order valence-electron chi connectivity index (χ0n) is 12.4. The molecular weight excluding hydrogens is 314 g/mol. The molecule has 0 fully saturated rings. The quantitative estimate of drug-likeness (QED) is 0.727. The summed E-state index contributed by atoms with van der Waals surface area (Å²) in [6, 6.07) is 14.7. The van der Waals surface area contributed by atoms with E-state index >= 15 is 0 Å². The molecule has 0 atom stereocenters. The van der Waals surface area contributed by atoms with Gasteiger partial charge in [-0.05, 0) is 43.3 Å². The Bertz CT molecular complexity index is 850. The summed E-state index contributed by atoms with van der Waals surface area (Å²) in [5.74, 6) is 0.0281. The molecule has 6 heteroatoms. The van der Waals surface area contributed by atoms with Gasteiger partial charge in [0.25, 0.3) is 0 Å². The van der Waals surface area contributed by atoms with Crippen LogP contribution >= 0.6 is 11.6 Å². The number of carbonyl (C=O) groups excluding carboxylic acids is 1. The van der Waals surface area contributed by atoms with Crippen LogP contribution < -0.4 is 5.32 Å². The number of para-hydroxylation sites is 1. The van der Waals surface area contributed by atoms with Crippen LogP contribution in [-0.2, 0) is 4.74 Å². The number of nitrogens with one attached hydrogen (secondary N) is 1. The predicted octanol–water partition coefficient (Wildman–Crippen LogP) is 4.20. The van der Waals surface area contributed by atoms with Crippen LogP contribution in [-0.4, -0.2) is 22.5 Å². The molecule has 0 amide bonds. The number of aromatic nitrogens is 2. The summed E-state index contributed by atoms with van der Waals surface area (Å²) in [5, 5.41) is 4.66. The van der Waals surface area contributed by atoms with Gasteiger partial charge in [0, 0.05) is 16.1 Å². The zero-order valence-corrected chi connectivity index (χ0v) is 13.2. The van der Waals surface area contributed by atoms with Crippen LogP contribution in [0.5, 0.6) is 0 Å². The molecule has 1 heterocycles. The highest BCUT2D eigenvalue weighted by atomic mass is 35.5. The van der Waals surface area contributed by atoms with Gasteiger partial charge >= 0.3 is 5.97 Å². The minimum absolute atomic E-state index is 0.0296. The fourth-order valence-electron chi connectivity index (χ4n) is 2.13. The first-order valence-corrected chi connectivity index (χ1v) is 7.51. The Morgan fingerprint density at radius 2 is 1.87 bits per heavy atom. The topological polar surface area (TPSA) is 64.1 Å². The number of halogens is 1. The number of anilines is 2. The van der Waals surface area contributed by atoms with E-state index in [4.69, 9.17) is 16.3 Å². The summed E-state index contributed by atoms with van der Waals surface area (Å²) in [7, 11) is 0. The molecule has 3 aromatic rings. The van der Waals surface area contributed by atoms with Gasteiger partial charge in [-0.25, -0.2) is 14.8 Å². The Kier molecular flexibility index (Phi) is 4.39. The molecule has 0 unspecified atom stereocenters. The van der Waals surface area contributed by atoms with E-state index in [2.05, 4.69) is 15.3 Å². The van der Waals surface area contributed by atoms with E-state index in [0.29, 0.717) is 16.4 Å². The number of ether oxygens (including phenoxy) is 1. The molecular formula is C17H14ClN3O2. The van der Waals surface area contributed by atoms with Gasteiger partial charge in [0.15, 0.2) is 0 Å². The van der Waals surface area contributed by atoms with Crippen molar-refractivity contribution in [3.63, 3.8) is 0 Å². The van der Waals surface area contributed by atoms with E-state index < -0.39 is 5.97 Å². The average Bonchev–Trinajstić information content (AvgIpc) is 2.57. The van der Waals surface area contributed by atoms with Gasteiger partial charge in [-0.1, -0.05) is 23.7 Å². The summed E-state index contributed by atoms with van der Waals surface area (Å²) >= 11 is 5.90.